The quantitative estimate of drug-likeness (QED) is 0.785. The maximum absolute atomic E-state index is 12.6. The standard InChI is InChI=1S/C20H21N5O/c1-14-5-4-10-25(13-14)20-22-11-16(12-23-20)19(26)24-17-8-2-6-15-7-3-9-21-18(15)17/h2-3,6-9,11-12,14H,4-5,10,13H2,1H3,(H,24,26). The average Bonchev–Trinajstić information content (AvgIpc) is 2.68. The Hall–Kier alpha value is -3.02. The Morgan fingerprint density at radius 3 is 2.77 bits per heavy atom. The van der Waals surface area contributed by atoms with Crippen LogP contribution in [0.25, 0.3) is 10.9 Å². The minimum absolute atomic E-state index is 0.235. The van der Waals surface area contributed by atoms with Gasteiger partial charge < -0.3 is 10.2 Å². The second-order valence-corrected chi connectivity index (χ2v) is 6.80. The van der Waals surface area contributed by atoms with Crippen LogP contribution in [0.15, 0.2) is 48.9 Å². The van der Waals surface area contributed by atoms with E-state index in [0.717, 1.165) is 30.4 Å². The van der Waals surface area contributed by atoms with Crippen molar-refractivity contribution < 1.29 is 4.79 Å². The van der Waals surface area contributed by atoms with Crippen LogP contribution in [0.3, 0.4) is 0 Å². The average molecular weight is 347 g/mol. The number of para-hydroxylation sites is 1. The fourth-order valence-electron chi connectivity index (χ4n) is 3.37. The molecule has 1 unspecified atom stereocenters. The van der Waals surface area contributed by atoms with Crippen LogP contribution in [-0.4, -0.2) is 33.9 Å². The van der Waals surface area contributed by atoms with Crippen molar-refractivity contribution >= 4 is 28.4 Å². The van der Waals surface area contributed by atoms with Crippen molar-refractivity contribution in [2.75, 3.05) is 23.3 Å². The van der Waals surface area contributed by atoms with E-state index in [1.54, 1.807) is 18.6 Å². The zero-order chi connectivity index (χ0) is 17.9. The lowest BCUT2D eigenvalue weighted by molar-refractivity contribution is 0.102. The predicted octanol–water partition coefficient (Wildman–Crippen LogP) is 3.51. The van der Waals surface area contributed by atoms with Gasteiger partial charge in [-0.05, 0) is 30.9 Å². The molecule has 1 N–H and O–H groups in total. The van der Waals surface area contributed by atoms with Crippen LogP contribution in [-0.2, 0) is 0 Å². The molecular weight excluding hydrogens is 326 g/mol. The van der Waals surface area contributed by atoms with Gasteiger partial charge in [0, 0.05) is 37.1 Å². The molecule has 2 aromatic heterocycles. The van der Waals surface area contributed by atoms with E-state index in [2.05, 4.69) is 32.1 Å². The molecule has 1 atom stereocenters. The maximum atomic E-state index is 12.6. The molecule has 0 saturated carbocycles. The van der Waals surface area contributed by atoms with E-state index in [0.29, 0.717) is 23.1 Å². The lowest BCUT2D eigenvalue weighted by Gasteiger charge is -2.30. The van der Waals surface area contributed by atoms with Crippen molar-refractivity contribution in [1.82, 2.24) is 15.0 Å². The van der Waals surface area contributed by atoms with Crippen molar-refractivity contribution in [2.45, 2.75) is 19.8 Å². The smallest absolute Gasteiger partial charge is 0.258 e. The molecule has 0 radical (unpaired) electrons. The third kappa shape index (κ3) is 3.35. The Balaban J connectivity index is 1.51. The lowest BCUT2D eigenvalue weighted by atomic mass is 10.0. The Morgan fingerprint density at radius 2 is 1.96 bits per heavy atom. The molecule has 1 amide bonds. The highest BCUT2D eigenvalue weighted by Gasteiger charge is 2.19. The number of pyridine rings is 1. The van der Waals surface area contributed by atoms with Crippen LogP contribution < -0.4 is 10.2 Å². The summed E-state index contributed by atoms with van der Waals surface area (Å²) >= 11 is 0. The number of fused-ring (bicyclic) bond motifs is 1. The molecule has 3 heterocycles. The van der Waals surface area contributed by atoms with Crippen LogP contribution in [0.1, 0.15) is 30.1 Å². The van der Waals surface area contributed by atoms with Gasteiger partial charge in [0.05, 0.1) is 16.8 Å². The van der Waals surface area contributed by atoms with Gasteiger partial charge in [-0.3, -0.25) is 9.78 Å². The lowest BCUT2D eigenvalue weighted by Crippen LogP contribution is -2.35. The fourth-order valence-corrected chi connectivity index (χ4v) is 3.37. The van der Waals surface area contributed by atoms with Crippen molar-refractivity contribution in [3.63, 3.8) is 0 Å². The van der Waals surface area contributed by atoms with Crippen molar-refractivity contribution in [3.05, 3.63) is 54.5 Å². The molecule has 0 bridgehead atoms. The summed E-state index contributed by atoms with van der Waals surface area (Å²) in [6.07, 6.45) is 7.30. The highest BCUT2D eigenvalue weighted by atomic mass is 16.1. The summed E-state index contributed by atoms with van der Waals surface area (Å²) in [7, 11) is 0. The number of piperidine rings is 1. The molecule has 1 aliphatic heterocycles. The molecule has 1 aromatic carbocycles. The summed E-state index contributed by atoms with van der Waals surface area (Å²) in [4.78, 5) is 27.9. The number of benzene rings is 1. The molecule has 0 aliphatic carbocycles. The molecule has 0 spiro atoms. The van der Waals surface area contributed by atoms with Gasteiger partial charge in [-0.1, -0.05) is 25.1 Å². The highest BCUT2D eigenvalue weighted by Crippen LogP contribution is 2.22. The van der Waals surface area contributed by atoms with E-state index < -0.39 is 0 Å². The van der Waals surface area contributed by atoms with Gasteiger partial charge in [0.25, 0.3) is 5.91 Å². The van der Waals surface area contributed by atoms with Crippen LogP contribution >= 0.6 is 0 Å². The molecule has 6 nitrogen and oxygen atoms in total. The first kappa shape index (κ1) is 16.4. The third-order valence-electron chi connectivity index (χ3n) is 4.72. The Bertz CT molecular complexity index is 920. The molecule has 4 rings (SSSR count). The summed E-state index contributed by atoms with van der Waals surface area (Å²) in [6, 6.07) is 9.56. The predicted molar refractivity (Wildman–Crippen MR) is 102 cm³/mol. The van der Waals surface area contributed by atoms with E-state index in [1.807, 2.05) is 30.3 Å². The number of nitrogens with zero attached hydrogens (tertiary/aromatic N) is 4. The van der Waals surface area contributed by atoms with E-state index in [9.17, 15) is 4.79 Å². The SMILES string of the molecule is CC1CCCN(c2ncc(C(=O)Nc3cccc4cccnc34)cn2)C1. The number of hydrogen-bond donors (Lipinski definition) is 1. The van der Waals surface area contributed by atoms with Crippen molar-refractivity contribution in [1.29, 1.82) is 0 Å². The van der Waals surface area contributed by atoms with Crippen LogP contribution in [0.5, 0.6) is 0 Å². The van der Waals surface area contributed by atoms with E-state index >= 15 is 0 Å². The Kier molecular flexibility index (Phi) is 4.48. The molecule has 3 aromatic rings. The van der Waals surface area contributed by atoms with Crippen LogP contribution in [0, 0.1) is 5.92 Å². The number of amides is 1. The van der Waals surface area contributed by atoms with Gasteiger partial charge in [-0.15, -0.1) is 0 Å². The number of aromatic nitrogens is 3. The van der Waals surface area contributed by atoms with E-state index in [1.165, 1.54) is 6.42 Å². The molecular formula is C20H21N5O. The fraction of sp³-hybridized carbons (Fsp3) is 0.300. The first-order valence-electron chi connectivity index (χ1n) is 8.93. The van der Waals surface area contributed by atoms with Gasteiger partial charge in [0.15, 0.2) is 0 Å². The zero-order valence-electron chi connectivity index (χ0n) is 14.7. The molecule has 1 saturated heterocycles. The van der Waals surface area contributed by atoms with Crippen molar-refractivity contribution in [2.24, 2.45) is 5.92 Å². The highest BCUT2D eigenvalue weighted by molar-refractivity contribution is 6.08. The first-order valence-corrected chi connectivity index (χ1v) is 8.93. The molecule has 6 heteroatoms. The van der Waals surface area contributed by atoms with Gasteiger partial charge in [-0.25, -0.2) is 9.97 Å². The zero-order valence-corrected chi connectivity index (χ0v) is 14.7. The number of nitrogens with one attached hydrogen (secondary N) is 1. The number of anilines is 2. The second kappa shape index (κ2) is 7.07. The normalized spacial score (nSPS) is 17.3. The molecule has 1 fully saturated rings. The summed E-state index contributed by atoms with van der Waals surface area (Å²) in [5.74, 6) is 1.11. The van der Waals surface area contributed by atoms with Gasteiger partial charge >= 0.3 is 0 Å². The number of hydrogen-bond acceptors (Lipinski definition) is 5. The maximum Gasteiger partial charge on any atom is 0.258 e. The molecule has 26 heavy (non-hydrogen) atoms. The largest absolute Gasteiger partial charge is 0.341 e. The summed E-state index contributed by atoms with van der Waals surface area (Å²) in [5.41, 5.74) is 1.89. The summed E-state index contributed by atoms with van der Waals surface area (Å²) < 4.78 is 0. The minimum Gasteiger partial charge on any atom is -0.341 e. The van der Waals surface area contributed by atoms with Gasteiger partial charge in [0.1, 0.15) is 0 Å². The Morgan fingerprint density at radius 1 is 1.15 bits per heavy atom. The monoisotopic (exact) mass is 347 g/mol. The Labute approximate surface area is 152 Å². The van der Waals surface area contributed by atoms with E-state index in [-0.39, 0.29) is 5.91 Å². The molecule has 1 aliphatic rings. The number of rotatable bonds is 3. The second-order valence-electron chi connectivity index (χ2n) is 6.80. The molecule has 132 valence electrons. The minimum atomic E-state index is -0.235. The van der Waals surface area contributed by atoms with Crippen molar-refractivity contribution in [3.8, 4) is 0 Å². The van der Waals surface area contributed by atoms with Gasteiger partial charge in [0.2, 0.25) is 5.95 Å². The van der Waals surface area contributed by atoms with Crippen LogP contribution in [0.2, 0.25) is 0 Å². The third-order valence-corrected chi connectivity index (χ3v) is 4.72. The topological polar surface area (TPSA) is 71.0 Å². The van der Waals surface area contributed by atoms with Gasteiger partial charge in [-0.2, -0.15) is 0 Å². The van der Waals surface area contributed by atoms with Crippen LogP contribution in [0.4, 0.5) is 11.6 Å². The summed E-state index contributed by atoms with van der Waals surface area (Å²) in [6.45, 7) is 4.18. The summed E-state index contributed by atoms with van der Waals surface area (Å²) in [5, 5.41) is 3.89. The number of carbonyl (C=O) groups excluding carboxylic acids is 1. The van der Waals surface area contributed by atoms with E-state index in [4.69, 9.17) is 0 Å². The first-order chi connectivity index (χ1) is 12.7. The number of carbonyl (C=O) groups is 1.